The van der Waals surface area contributed by atoms with Crippen LogP contribution in [0.3, 0.4) is 0 Å². The second-order valence-electron chi connectivity index (χ2n) is 2.90. The van der Waals surface area contributed by atoms with Crippen molar-refractivity contribution in [2.75, 3.05) is 0 Å². The van der Waals surface area contributed by atoms with Crippen LogP contribution in [0.25, 0.3) is 0 Å². The molecule has 1 aromatic heterocycles. The average Bonchev–Trinajstić information content (AvgIpc) is 2.04. The lowest BCUT2D eigenvalue weighted by Crippen LogP contribution is -2.16. The van der Waals surface area contributed by atoms with E-state index in [4.69, 9.17) is 0 Å². The third kappa shape index (κ3) is 1.67. The maximum Gasteiger partial charge on any atom is 0.345 e. The molecule has 0 aromatic carbocycles. The summed E-state index contributed by atoms with van der Waals surface area (Å²) in [6, 6.07) is 0. The summed E-state index contributed by atoms with van der Waals surface area (Å²) in [5, 5.41) is 0. The Morgan fingerprint density at radius 3 is 2.92 bits per heavy atom. The van der Waals surface area contributed by atoms with Crippen molar-refractivity contribution in [3.63, 3.8) is 0 Å². The number of aromatic nitrogens is 2. The molecule has 0 spiro atoms. The summed E-state index contributed by atoms with van der Waals surface area (Å²) < 4.78 is 0. The molecule has 0 bridgehead atoms. The Morgan fingerprint density at radius 2 is 2.08 bits per heavy atom. The van der Waals surface area contributed by atoms with Gasteiger partial charge in [0.15, 0.2) is 0 Å². The van der Waals surface area contributed by atoms with Crippen LogP contribution in [0.4, 0.5) is 0 Å². The van der Waals surface area contributed by atoms with Crippen molar-refractivity contribution in [2.24, 2.45) is 0 Å². The fourth-order valence-corrected chi connectivity index (χ4v) is 1.51. The van der Waals surface area contributed by atoms with Crippen LogP contribution in [0.1, 0.15) is 24.1 Å². The molecule has 0 unspecified atom stereocenters. The van der Waals surface area contributed by atoms with E-state index >= 15 is 0 Å². The van der Waals surface area contributed by atoms with Gasteiger partial charge in [-0.3, -0.25) is 0 Å². The van der Waals surface area contributed by atoms with E-state index in [0.717, 1.165) is 18.5 Å². The Kier molecular flexibility index (Phi) is 2.87. The normalized spacial score (nSPS) is 14.7. The monoisotopic (exact) mass is 186 g/mol. The molecule has 0 fully saturated rings. The van der Waals surface area contributed by atoms with Gasteiger partial charge in [-0.1, -0.05) is 0 Å². The first-order valence-corrected chi connectivity index (χ1v) is 3.93. The number of fused-ring (bicyclic) bond motifs is 1. The highest BCUT2D eigenvalue weighted by atomic mass is 35.5. The van der Waals surface area contributed by atoms with E-state index in [1.54, 1.807) is 6.20 Å². The second-order valence-corrected chi connectivity index (χ2v) is 2.90. The third-order valence-electron chi connectivity index (χ3n) is 2.11. The van der Waals surface area contributed by atoms with E-state index in [2.05, 4.69) is 9.97 Å². The first-order valence-electron chi connectivity index (χ1n) is 3.93. The van der Waals surface area contributed by atoms with Crippen LogP contribution in [0.2, 0.25) is 0 Å². The second kappa shape index (κ2) is 3.72. The topological polar surface area (TPSA) is 45.8 Å². The highest BCUT2D eigenvalue weighted by Gasteiger charge is 2.08. The Bertz CT molecular complexity index is 321. The van der Waals surface area contributed by atoms with Gasteiger partial charge in [-0.25, -0.2) is 9.78 Å². The van der Waals surface area contributed by atoms with E-state index in [0.29, 0.717) is 0 Å². The SMILES string of the molecule is Cl.O=c1ncc2c([nH]1)CCCC2. The van der Waals surface area contributed by atoms with Gasteiger partial charge in [0.2, 0.25) is 0 Å². The fraction of sp³-hybridized carbons (Fsp3) is 0.500. The molecule has 4 heteroatoms. The van der Waals surface area contributed by atoms with Crippen molar-refractivity contribution in [3.8, 4) is 0 Å². The van der Waals surface area contributed by atoms with E-state index in [-0.39, 0.29) is 18.1 Å². The molecule has 0 aliphatic heterocycles. The number of nitrogens with one attached hydrogen (secondary N) is 1. The molecule has 3 nitrogen and oxygen atoms in total. The predicted octanol–water partition coefficient (Wildman–Crippen LogP) is 1.07. The Hall–Kier alpha value is -0.830. The molecule has 0 saturated carbocycles. The fourth-order valence-electron chi connectivity index (χ4n) is 1.51. The van der Waals surface area contributed by atoms with Gasteiger partial charge in [0.25, 0.3) is 0 Å². The number of hydrogen-bond acceptors (Lipinski definition) is 2. The highest BCUT2D eigenvalue weighted by molar-refractivity contribution is 5.85. The van der Waals surface area contributed by atoms with Crippen LogP contribution in [-0.2, 0) is 12.8 Å². The molecule has 1 aliphatic rings. The predicted molar refractivity (Wildman–Crippen MR) is 48.7 cm³/mol. The Morgan fingerprint density at radius 1 is 1.33 bits per heavy atom. The number of aryl methyl sites for hydroxylation is 2. The van der Waals surface area contributed by atoms with Crippen molar-refractivity contribution >= 4 is 12.4 Å². The molecule has 2 rings (SSSR count). The zero-order chi connectivity index (χ0) is 7.68. The summed E-state index contributed by atoms with van der Waals surface area (Å²) in [4.78, 5) is 17.2. The van der Waals surface area contributed by atoms with E-state index in [9.17, 15) is 4.79 Å². The number of H-pyrrole nitrogens is 1. The summed E-state index contributed by atoms with van der Waals surface area (Å²) in [6.45, 7) is 0. The lowest BCUT2D eigenvalue weighted by Gasteiger charge is -2.12. The van der Waals surface area contributed by atoms with Gasteiger partial charge in [-0.15, -0.1) is 12.4 Å². The van der Waals surface area contributed by atoms with Gasteiger partial charge in [0, 0.05) is 11.9 Å². The first kappa shape index (κ1) is 9.26. The lowest BCUT2D eigenvalue weighted by atomic mass is 9.98. The molecule has 0 saturated heterocycles. The summed E-state index contributed by atoms with van der Waals surface area (Å²) >= 11 is 0. The average molecular weight is 187 g/mol. The highest BCUT2D eigenvalue weighted by Crippen LogP contribution is 2.15. The van der Waals surface area contributed by atoms with E-state index in [1.165, 1.54) is 18.4 Å². The van der Waals surface area contributed by atoms with Gasteiger partial charge in [0.05, 0.1) is 0 Å². The number of hydrogen-bond donors (Lipinski definition) is 1. The molecule has 1 aliphatic carbocycles. The molecule has 0 radical (unpaired) electrons. The number of halogens is 1. The molecule has 1 heterocycles. The first-order chi connectivity index (χ1) is 5.36. The van der Waals surface area contributed by atoms with Crippen LogP contribution >= 0.6 is 12.4 Å². The molecule has 0 amide bonds. The van der Waals surface area contributed by atoms with Gasteiger partial charge in [-0.05, 0) is 31.2 Å². The van der Waals surface area contributed by atoms with Crippen LogP contribution in [-0.4, -0.2) is 9.97 Å². The van der Waals surface area contributed by atoms with Gasteiger partial charge >= 0.3 is 5.69 Å². The maximum absolute atomic E-state index is 10.8. The van der Waals surface area contributed by atoms with Crippen molar-refractivity contribution < 1.29 is 0 Å². The zero-order valence-corrected chi connectivity index (χ0v) is 7.49. The van der Waals surface area contributed by atoms with Crippen LogP contribution in [0.15, 0.2) is 11.0 Å². The van der Waals surface area contributed by atoms with Crippen LogP contribution < -0.4 is 5.69 Å². The number of nitrogens with zero attached hydrogens (tertiary/aromatic N) is 1. The number of rotatable bonds is 0. The van der Waals surface area contributed by atoms with Gasteiger partial charge in [0.1, 0.15) is 0 Å². The summed E-state index contributed by atoms with van der Waals surface area (Å²) in [6.07, 6.45) is 6.19. The standard InChI is InChI=1S/C8H10N2O.ClH/c11-8-9-5-6-3-1-2-4-7(6)10-8;/h5H,1-4H2,(H,9,10,11);1H. The minimum Gasteiger partial charge on any atom is -0.310 e. The number of aromatic amines is 1. The summed E-state index contributed by atoms with van der Waals surface area (Å²) in [5.41, 5.74) is 2.10. The Labute approximate surface area is 76.6 Å². The molecular formula is C8H11ClN2O. The van der Waals surface area contributed by atoms with Crippen molar-refractivity contribution in [1.82, 2.24) is 9.97 Å². The zero-order valence-electron chi connectivity index (χ0n) is 6.67. The molecule has 12 heavy (non-hydrogen) atoms. The largest absolute Gasteiger partial charge is 0.345 e. The molecule has 66 valence electrons. The quantitative estimate of drug-likeness (QED) is 0.659. The van der Waals surface area contributed by atoms with Crippen molar-refractivity contribution in [1.29, 1.82) is 0 Å². The lowest BCUT2D eigenvalue weighted by molar-refractivity contribution is 0.657. The van der Waals surface area contributed by atoms with Gasteiger partial charge < -0.3 is 4.98 Å². The van der Waals surface area contributed by atoms with E-state index < -0.39 is 0 Å². The van der Waals surface area contributed by atoms with E-state index in [1.807, 2.05) is 0 Å². The van der Waals surface area contributed by atoms with Crippen LogP contribution in [0, 0.1) is 0 Å². The minimum atomic E-state index is -0.217. The molecular weight excluding hydrogens is 176 g/mol. The maximum atomic E-state index is 10.8. The summed E-state index contributed by atoms with van der Waals surface area (Å²) in [5.74, 6) is 0. The Balaban J connectivity index is 0.000000720. The molecule has 1 aromatic rings. The summed E-state index contributed by atoms with van der Waals surface area (Å²) in [7, 11) is 0. The third-order valence-corrected chi connectivity index (χ3v) is 2.11. The van der Waals surface area contributed by atoms with Crippen molar-refractivity contribution in [2.45, 2.75) is 25.7 Å². The molecule has 1 N–H and O–H groups in total. The smallest absolute Gasteiger partial charge is 0.310 e. The van der Waals surface area contributed by atoms with Crippen LogP contribution in [0.5, 0.6) is 0 Å². The van der Waals surface area contributed by atoms with Gasteiger partial charge in [-0.2, -0.15) is 0 Å². The van der Waals surface area contributed by atoms with Crippen molar-refractivity contribution in [3.05, 3.63) is 27.9 Å². The molecule has 0 atom stereocenters. The minimum absolute atomic E-state index is 0.